The quantitative estimate of drug-likeness (QED) is 0.844. The molecule has 3 heteroatoms. The van der Waals surface area contributed by atoms with Gasteiger partial charge in [-0.3, -0.25) is 9.78 Å². The Morgan fingerprint density at radius 3 is 2.69 bits per heavy atom. The molecule has 16 heavy (non-hydrogen) atoms. The Labute approximate surface area is 95.5 Å². The fourth-order valence-electron chi connectivity index (χ4n) is 2.25. The van der Waals surface area contributed by atoms with Gasteiger partial charge >= 0.3 is 0 Å². The van der Waals surface area contributed by atoms with Crippen molar-refractivity contribution in [3.8, 4) is 0 Å². The normalized spacial score (nSPS) is 19.3. The van der Waals surface area contributed by atoms with Crippen LogP contribution in [0.5, 0.6) is 0 Å². The van der Waals surface area contributed by atoms with Crippen LogP contribution >= 0.6 is 0 Å². The lowest BCUT2D eigenvalue weighted by molar-refractivity contribution is -0.139. The maximum Gasteiger partial charge on any atom is 0.170 e. The van der Waals surface area contributed by atoms with Crippen molar-refractivity contribution in [2.45, 2.75) is 44.1 Å². The van der Waals surface area contributed by atoms with Gasteiger partial charge in [0.15, 0.2) is 5.78 Å². The van der Waals surface area contributed by atoms with E-state index < -0.39 is 5.60 Å². The van der Waals surface area contributed by atoms with Crippen molar-refractivity contribution in [2.75, 3.05) is 0 Å². The van der Waals surface area contributed by atoms with Gasteiger partial charge in [0.25, 0.3) is 0 Å². The van der Waals surface area contributed by atoms with Crippen molar-refractivity contribution in [2.24, 2.45) is 0 Å². The van der Waals surface area contributed by atoms with Crippen LogP contribution in [0.3, 0.4) is 0 Å². The number of nitrogens with zero attached hydrogens (tertiary/aromatic N) is 1. The van der Waals surface area contributed by atoms with E-state index in [2.05, 4.69) is 4.98 Å². The van der Waals surface area contributed by atoms with E-state index in [1.807, 2.05) is 18.2 Å². The first-order valence-corrected chi connectivity index (χ1v) is 5.86. The van der Waals surface area contributed by atoms with Crippen molar-refractivity contribution in [1.29, 1.82) is 0 Å². The molecule has 0 spiro atoms. The monoisotopic (exact) mass is 219 g/mol. The largest absolute Gasteiger partial charge is 0.382 e. The molecule has 3 nitrogen and oxygen atoms in total. The van der Waals surface area contributed by atoms with Gasteiger partial charge < -0.3 is 5.11 Å². The van der Waals surface area contributed by atoms with Crippen molar-refractivity contribution in [1.82, 2.24) is 4.98 Å². The van der Waals surface area contributed by atoms with Gasteiger partial charge in [-0.1, -0.05) is 25.3 Å². The molecular weight excluding hydrogens is 202 g/mol. The molecule has 0 saturated heterocycles. The first-order chi connectivity index (χ1) is 7.71. The average Bonchev–Trinajstić information content (AvgIpc) is 2.31. The smallest absolute Gasteiger partial charge is 0.170 e. The third-order valence-corrected chi connectivity index (χ3v) is 3.27. The minimum absolute atomic E-state index is 0.0779. The lowest BCUT2D eigenvalue weighted by atomic mass is 9.80. The van der Waals surface area contributed by atoms with E-state index in [9.17, 15) is 9.90 Å². The third-order valence-electron chi connectivity index (χ3n) is 3.27. The number of aliphatic hydroxyl groups is 1. The summed E-state index contributed by atoms with van der Waals surface area (Å²) < 4.78 is 0. The molecule has 0 radical (unpaired) electrons. The highest BCUT2D eigenvalue weighted by atomic mass is 16.3. The summed E-state index contributed by atoms with van der Waals surface area (Å²) in [4.78, 5) is 16.1. The first kappa shape index (κ1) is 11.3. The molecule has 0 aromatic carbocycles. The Kier molecular flexibility index (Phi) is 3.34. The van der Waals surface area contributed by atoms with Crippen LogP contribution in [0.2, 0.25) is 0 Å². The van der Waals surface area contributed by atoms with Crippen LogP contribution in [0.1, 0.15) is 37.8 Å². The van der Waals surface area contributed by atoms with E-state index in [1.165, 1.54) is 0 Å². The van der Waals surface area contributed by atoms with E-state index in [0.29, 0.717) is 12.8 Å². The molecule has 1 heterocycles. The summed E-state index contributed by atoms with van der Waals surface area (Å²) in [6, 6.07) is 5.51. The number of carbonyl (C=O) groups is 1. The maximum atomic E-state index is 12.0. The number of hydrogen-bond donors (Lipinski definition) is 1. The molecule has 1 saturated carbocycles. The van der Waals surface area contributed by atoms with Crippen LogP contribution in [0, 0.1) is 0 Å². The van der Waals surface area contributed by atoms with E-state index >= 15 is 0 Å². The van der Waals surface area contributed by atoms with Gasteiger partial charge in [-0.25, -0.2) is 0 Å². The summed E-state index contributed by atoms with van der Waals surface area (Å²) in [6.45, 7) is 0. The maximum absolute atomic E-state index is 12.0. The Morgan fingerprint density at radius 2 is 2.06 bits per heavy atom. The van der Waals surface area contributed by atoms with E-state index in [0.717, 1.165) is 25.0 Å². The van der Waals surface area contributed by atoms with Crippen LogP contribution in [-0.4, -0.2) is 21.5 Å². The third kappa shape index (κ3) is 2.47. The van der Waals surface area contributed by atoms with Gasteiger partial charge in [0.1, 0.15) is 5.60 Å². The van der Waals surface area contributed by atoms with Gasteiger partial charge in [0, 0.05) is 11.9 Å². The Hall–Kier alpha value is -1.22. The van der Waals surface area contributed by atoms with Gasteiger partial charge in [-0.2, -0.15) is 0 Å². The van der Waals surface area contributed by atoms with E-state index in [4.69, 9.17) is 0 Å². The van der Waals surface area contributed by atoms with Crippen molar-refractivity contribution >= 4 is 5.78 Å². The molecule has 1 N–H and O–H groups in total. The summed E-state index contributed by atoms with van der Waals surface area (Å²) in [6.07, 6.45) is 6.16. The molecule has 1 aromatic heterocycles. The van der Waals surface area contributed by atoms with E-state index in [1.54, 1.807) is 6.20 Å². The summed E-state index contributed by atoms with van der Waals surface area (Å²) in [7, 11) is 0. The van der Waals surface area contributed by atoms with Crippen LogP contribution in [0.4, 0.5) is 0 Å². The van der Waals surface area contributed by atoms with Gasteiger partial charge in [0.2, 0.25) is 0 Å². The summed E-state index contributed by atoms with van der Waals surface area (Å²) in [5, 5.41) is 10.2. The first-order valence-electron chi connectivity index (χ1n) is 5.86. The lowest BCUT2D eigenvalue weighted by Gasteiger charge is -2.30. The van der Waals surface area contributed by atoms with Crippen molar-refractivity contribution < 1.29 is 9.90 Å². The standard InChI is InChI=1S/C13H17NO2/c15-12(10-11-6-2-5-9-14-11)13(16)7-3-1-4-8-13/h2,5-6,9,16H,1,3-4,7-8,10H2. The molecule has 0 bridgehead atoms. The second-order valence-electron chi connectivity index (χ2n) is 4.51. The topological polar surface area (TPSA) is 50.2 Å². The fraction of sp³-hybridized carbons (Fsp3) is 0.538. The van der Waals surface area contributed by atoms with Crippen molar-refractivity contribution in [3.05, 3.63) is 30.1 Å². The van der Waals surface area contributed by atoms with E-state index in [-0.39, 0.29) is 12.2 Å². The predicted molar refractivity (Wildman–Crippen MR) is 61.0 cm³/mol. The molecule has 0 unspecified atom stereocenters. The highest BCUT2D eigenvalue weighted by Gasteiger charge is 2.36. The summed E-state index contributed by atoms with van der Waals surface area (Å²) in [5.74, 6) is -0.0779. The molecule has 2 rings (SSSR count). The summed E-state index contributed by atoms with van der Waals surface area (Å²) >= 11 is 0. The van der Waals surface area contributed by atoms with Crippen LogP contribution in [0.25, 0.3) is 0 Å². The SMILES string of the molecule is O=C(Cc1ccccn1)C1(O)CCCCC1. The molecule has 1 aliphatic carbocycles. The molecule has 1 aliphatic rings. The van der Waals surface area contributed by atoms with Crippen molar-refractivity contribution in [3.63, 3.8) is 0 Å². The lowest BCUT2D eigenvalue weighted by Crippen LogP contribution is -2.41. The van der Waals surface area contributed by atoms with Crippen LogP contribution in [-0.2, 0) is 11.2 Å². The number of Topliss-reactive ketones (excluding diaryl/α,β-unsaturated/α-hetero) is 1. The second-order valence-corrected chi connectivity index (χ2v) is 4.51. The Bertz CT molecular complexity index is 355. The number of carbonyl (C=O) groups excluding carboxylic acids is 1. The van der Waals surface area contributed by atoms with Gasteiger partial charge in [-0.05, 0) is 25.0 Å². The molecule has 1 fully saturated rings. The number of rotatable bonds is 3. The number of ketones is 1. The minimum Gasteiger partial charge on any atom is -0.382 e. The van der Waals surface area contributed by atoms with Gasteiger partial charge in [0.05, 0.1) is 6.42 Å². The predicted octanol–water partition coefficient (Wildman–Crippen LogP) is 1.89. The zero-order valence-corrected chi connectivity index (χ0v) is 9.35. The van der Waals surface area contributed by atoms with Crippen LogP contribution < -0.4 is 0 Å². The van der Waals surface area contributed by atoms with Gasteiger partial charge in [-0.15, -0.1) is 0 Å². The Morgan fingerprint density at radius 1 is 1.31 bits per heavy atom. The highest BCUT2D eigenvalue weighted by molar-refractivity contribution is 5.88. The average molecular weight is 219 g/mol. The zero-order chi connectivity index (χ0) is 11.4. The highest BCUT2D eigenvalue weighted by Crippen LogP contribution is 2.29. The number of hydrogen-bond acceptors (Lipinski definition) is 3. The van der Waals surface area contributed by atoms with Crippen LogP contribution in [0.15, 0.2) is 24.4 Å². The number of aromatic nitrogens is 1. The molecular formula is C13H17NO2. The molecule has 0 atom stereocenters. The fourth-order valence-corrected chi connectivity index (χ4v) is 2.25. The Balaban J connectivity index is 2.02. The number of pyridine rings is 1. The second kappa shape index (κ2) is 4.74. The zero-order valence-electron chi connectivity index (χ0n) is 9.35. The molecule has 0 amide bonds. The molecule has 86 valence electrons. The molecule has 0 aliphatic heterocycles. The molecule has 1 aromatic rings. The summed E-state index contributed by atoms with van der Waals surface area (Å²) in [5.41, 5.74) is -0.345. The minimum atomic E-state index is -1.09.